The normalized spacial score (nSPS) is 20.5. The van der Waals surface area contributed by atoms with Gasteiger partial charge in [-0.2, -0.15) is 0 Å². The number of pyridine rings is 1. The van der Waals surface area contributed by atoms with E-state index in [4.69, 9.17) is 34.7 Å². The zero-order chi connectivity index (χ0) is 43.4. The minimum atomic E-state index is -1.17. The van der Waals surface area contributed by atoms with Crippen LogP contribution in [0.5, 0.6) is 0 Å². The molecule has 2 saturated carbocycles. The van der Waals surface area contributed by atoms with E-state index in [0.29, 0.717) is 69.6 Å². The summed E-state index contributed by atoms with van der Waals surface area (Å²) in [6, 6.07) is 30.5. The molecule has 7 rings (SSSR count). The Hall–Kier alpha value is -6.34. The first kappa shape index (κ1) is 44.2. The first-order valence-corrected chi connectivity index (χ1v) is 20.6. The summed E-state index contributed by atoms with van der Waals surface area (Å²) in [5, 5.41) is 31.7. The Morgan fingerprint density at radius 1 is 0.639 bits per heavy atom. The van der Waals surface area contributed by atoms with E-state index in [1.807, 2.05) is 24.3 Å². The van der Waals surface area contributed by atoms with Crippen molar-refractivity contribution in [3.63, 3.8) is 0 Å². The molecule has 1 heterocycles. The summed E-state index contributed by atoms with van der Waals surface area (Å²) in [5.74, 6) is 11.6. The highest BCUT2D eigenvalue weighted by molar-refractivity contribution is 6.31. The van der Waals surface area contributed by atoms with E-state index in [2.05, 4.69) is 44.6 Å². The monoisotopic (exact) mass is 856 g/mol. The summed E-state index contributed by atoms with van der Waals surface area (Å²) in [6.07, 6.45) is 6.41. The molecule has 0 unspecified atom stereocenters. The summed E-state index contributed by atoms with van der Waals surface area (Å²) in [4.78, 5) is 41.4. The molecule has 0 bridgehead atoms. The molecule has 4 atom stereocenters. The molecule has 1 aromatic heterocycles. The average molecular weight is 858 g/mol. The van der Waals surface area contributed by atoms with E-state index < -0.39 is 11.2 Å². The van der Waals surface area contributed by atoms with Crippen LogP contribution in [0.4, 0.5) is 17.2 Å². The number of aliphatic hydroxyl groups is 2. The first-order chi connectivity index (χ1) is 29.2. The molecular weight excluding hydrogens is 811 g/mol. The van der Waals surface area contributed by atoms with Crippen molar-refractivity contribution >= 4 is 58.1 Å². The second kappa shape index (κ2) is 20.3. The van der Waals surface area contributed by atoms with Crippen molar-refractivity contribution in [1.29, 1.82) is 0 Å². The second-order valence-electron chi connectivity index (χ2n) is 15.2. The predicted octanol–water partition coefficient (Wildman–Crippen LogP) is 7.40. The number of halogens is 2. The summed E-state index contributed by atoms with van der Waals surface area (Å²) < 4.78 is 0. The lowest BCUT2D eigenvalue weighted by atomic mass is 9.82. The molecule has 0 aliphatic heterocycles. The van der Waals surface area contributed by atoms with Gasteiger partial charge in [0.2, 0.25) is 0 Å². The van der Waals surface area contributed by atoms with Crippen molar-refractivity contribution in [3.8, 4) is 23.7 Å². The highest BCUT2D eigenvalue weighted by Gasteiger charge is 2.35. The van der Waals surface area contributed by atoms with Crippen LogP contribution in [0.25, 0.3) is 0 Å². The van der Waals surface area contributed by atoms with Crippen molar-refractivity contribution in [2.24, 2.45) is 0 Å². The summed E-state index contributed by atoms with van der Waals surface area (Å²) in [5.41, 5.74) is 12.9. The minimum Gasteiger partial charge on any atom is -0.399 e. The van der Waals surface area contributed by atoms with Gasteiger partial charge in [-0.25, -0.2) is 4.98 Å². The van der Waals surface area contributed by atoms with Crippen LogP contribution in [-0.4, -0.2) is 56.2 Å². The molecule has 9 N–H and O–H groups in total. The maximum atomic E-state index is 12.8. The third kappa shape index (κ3) is 13.3. The number of hydrogen-bond donors (Lipinski definition) is 7. The zero-order valence-electron chi connectivity index (χ0n) is 33.3. The van der Waals surface area contributed by atoms with Gasteiger partial charge in [0.1, 0.15) is 17.0 Å². The number of nitrogen functional groups attached to an aromatic ring is 2. The number of benzene rings is 4. The van der Waals surface area contributed by atoms with Crippen LogP contribution in [0.15, 0.2) is 115 Å². The lowest BCUT2D eigenvalue weighted by Gasteiger charge is -2.33. The molecule has 312 valence electrons. The van der Waals surface area contributed by atoms with Crippen LogP contribution < -0.4 is 27.4 Å². The van der Waals surface area contributed by atoms with Gasteiger partial charge in [-0.15, -0.1) is 0 Å². The number of carbonyl (C=O) groups is 3. The van der Waals surface area contributed by atoms with Crippen LogP contribution in [0.1, 0.15) is 93.6 Å². The SMILES string of the molecule is Nc1ccc(C(=O)N[C@H]2CCC[C@@](O)(C#Cc3cccc(Cl)c3)C2)cn1.Nc1ccc(C(=O)Nc2ccc(C(=O)N[C@@H]3CCC[C@](O)(C#Cc4cccc(Cl)c4)C3)cc2)cc1. The van der Waals surface area contributed by atoms with E-state index in [0.717, 1.165) is 36.8 Å². The number of nitrogens with one attached hydrogen (secondary N) is 3. The number of nitrogens with two attached hydrogens (primary N) is 2. The van der Waals surface area contributed by atoms with Gasteiger partial charge in [-0.05, 0) is 136 Å². The number of amides is 3. The van der Waals surface area contributed by atoms with Gasteiger partial charge in [0.25, 0.3) is 17.7 Å². The van der Waals surface area contributed by atoms with Crippen LogP contribution in [0.2, 0.25) is 10.0 Å². The fraction of sp³-hybridized carbons (Fsp3) is 0.250. The zero-order valence-corrected chi connectivity index (χ0v) is 34.8. The third-order valence-electron chi connectivity index (χ3n) is 10.3. The summed E-state index contributed by atoms with van der Waals surface area (Å²) in [6.45, 7) is 0. The number of rotatable bonds is 6. The van der Waals surface area contributed by atoms with Gasteiger partial charge < -0.3 is 37.6 Å². The fourth-order valence-electron chi connectivity index (χ4n) is 7.11. The molecule has 3 amide bonds. The Balaban J connectivity index is 0.000000213. The Morgan fingerprint density at radius 3 is 1.61 bits per heavy atom. The first-order valence-electron chi connectivity index (χ1n) is 19.9. The Bertz CT molecular complexity index is 2480. The molecule has 0 saturated heterocycles. The fourth-order valence-corrected chi connectivity index (χ4v) is 7.49. The molecule has 61 heavy (non-hydrogen) atoms. The molecule has 4 aromatic carbocycles. The van der Waals surface area contributed by atoms with E-state index >= 15 is 0 Å². The summed E-state index contributed by atoms with van der Waals surface area (Å²) >= 11 is 12.0. The number of carbonyl (C=O) groups excluding carboxylic acids is 3. The van der Waals surface area contributed by atoms with Gasteiger partial charge in [-0.1, -0.05) is 59.0 Å². The summed E-state index contributed by atoms with van der Waals surface area (Å²) in [7, 11) is 0. The Labute approximate surface area is 365 Å². The van der Waals surface area contributed by atoms with Crippen LogP contribution in [0, 0.1) is 23.7 Å². The van der Waals surface area contributed by atoms with Crippen LogP contribution in [0.3, 0.4) is 0 Å². The van der Waals surface area contributed by atoms with Gasteiger partial charge in [0.05, 0.1) is 5.56 Å². The largest absolute Gasteiger partial charge is 0.399 e. The van der Waals surface area contributed by atoms with Gasteiger partial charge >= 0.3 is 0 Å². The maximum absolute atomic E-state index is 12.8. The van der Waals surface area contributed by atoms with Gasteiger partial charge in [-0.3, -0.25) is 14.4 Å². The molecule has 2 aliphatic carbocycles. The van der Waals surface area contributed by atoms with Crippen molar-refractivity contribution in [2.75, 3.05) is 16.8 Å². The topological polar surface area (TPSA) is 193 Å². The van der Waals surface area contributed by atoms with Crippen LogP contribution >= 0.6 is 23.2 Å². The minimum absolute atomic E-state index is 0.146. The average Bonchev–Trinajstić information content (AvgIpc) is 3.23. The standard InChI is InChI=1S/C28H26ClN3O3.C20H20ClN3O2/c29-22-4-1-3-19(17-22)14-16-28(35)15-2-5-25(18-28)32-27(34)21-8-12-24(13-9-21)31-26(33)20-6-10-23(30)11-7-20;21-16-4-1-3-14(11-16)8-10-20(26)9-2-5-17(12-20)24-19(25)15-6-7-18(22)23-13-15/h1,3-4,6-13,17,25,35H,2,5,15,18,30H2,(H,31,33)(H,32,34);1,3-4,6-7,11,13,17,26H,2,5,9,12H2,(H2,22,23)(H,24,25)/t25-,28+;17-,20+/m10/s1. The molecule has 2 fully saturated rings. The highest BCUT2D eigenvalue weighted by Crippen LogP contribution is 2.30. The second-order valence-corrected chi connectivity index (χ2v) is 16.1. The van der Waals surface area contributed by atoms with Crippen molar-refractivity contribution in [1.82, 2.24) is 15.6 Å². The number of aromatic nitrogens is 1. The smallest absolute Gasteiger partial charge is 0.255 e. The van der Waals surface area contributed by atoms with E-state index in [9.17, 15) is 24.6 Å². The van der Waals surface area contributed by atoms with Crippen LogP contribution in [-0.2, 0) is 0 Å². The molecule has 0 spiro atoms. The van der Waals surface area contributed by atoms with E-state index in [-0.39, 0.29) is 29.8 Å². The van der Waals surface area contributed by atoms with Crippen molar-refractivity contribution in [3.05, 3.63) is 153 Å². The van der Waals surface area contributed by atoms with E-state index in [1.54, 1.807) is 84.9 Å². The molecule has 13 heteroatoms. The Morgan fingerprint density at radius 2 is 1.11 bits per heavy atom. The van der Waals surface area contributed by atoms with Crippen molar-refractivity contribution in [2.45, 2.75) is 74.7 Å². The molecule has 11 nitrogen and oxygen atoms in total. The quantitative estimate of drug-likeness (QED) is 0.0679. The number of anilines is 3. The number of nitrogens with zero attached hydrogens (tertiary/aromatic N) is 1. The Kier molecular flexibility index (Phi) is 14.7. The molecule has 0 radical (unpaired) electrons. The molecule has 2 aliphatic rings. The number of hydrogen-bond acceptors (Lipinski definition) is 8. The molecular formula is C48H46Cl2N6O5. The predicted molar refractivity (Wildman–Crippen MR) is 240 cm³/mol. The lowest BCUT2D eigenvalue weighted by Crippen LogP contribution is -2.45. The van der Waals surface area contributed by atoms with Gasteiger partial charge in [0.15, 0.2) is 0 Å². The van der Waals surface area contributed by atoms with Crippen molar-refractivity contribution < 1.29 is 24.6 Å². The van der Waals surface area contributed by atoms with Gasteiger partial charge in [0, 0.05) is 74.8 Å². The van der Waals surface area contributed by atoms with E-state index in [1.165, 1.54) is 6.20 Å². The highest BCUT2D eigenvalue weighted by atomic mass is 35.5. The molecule has 5 aromatic rings. The third-order valence-corrected chi connectivity index (χ3v) is 10.7. The lowest BCUT2D eigenvalue weighted by molar-refractivity contribution is 0.0443. The maximum Gasteiger partial charge on any atom is 0.255 e.